The molecule has 2 aromatic rings. The molecule has 0 fully saturated rings. The Balaban J connectivity index is 1.81. The second kappa shape index (κ2) is 8.48. The normalized spacial score (nSPS) is 14.7. The molecule has 0 amide bonds. The molecule has 0 spiro atoms. The van der Waals surface area contributed by atoms with Gasteiger partial charge in [-0.25, -0.2) is 0 Å². The molecule has 4 rings (SSSR count). The van der Waals surface area contributed by atoms with E-state index in [2.05, 4.69) is 36.4 Å². The van der Waals surface area contributed by atoms with Crippen LogP contribution in [0.2, 0.25) is 0 Å². The summed E-state index contributed by atoms with van der Waals surface area (Å²) in [5.74, 6) is 1.27. The van der Waals surface area contributed by atoms with Crippen molar-refractivity contribution in [2.75, 3.05) is 0 Å². The van der Waals surface area contributed by atoms with Gasteiger partial charge in [0.2, 0.25) is 0 Å². The maximum atomic E-state index is 9.28. The molecule has 0 saturated heterocycles. The summed E-state index contributed by atoms with van der Waals surface area (Å²) in [7, 11) is 0. The average Bonchev–Trinajstić information content (AvgIpc) is 3.48. The molecule has 2 aliphatic carbocycles. The van der Waals surface area contributed by atoms with Crippen LogP contribution in [0.5, 0.6) is 11.5 Å². The molecule has 0 aromatic heterocycles. The SMILES string of the molecule is N#Cc1cccc([O][Zr]([O]c2cccc(C#N)c2)([C]2=CC=CC2)[C]2=CC=CC2)c1. The third kappa shape index (κ3) is 4.02. The summed E-state index contributed by atoms with van der Waals surface area (Å²) in [4.78, 5) is 0. The van der Waals surface area contributed by atoms with E-state index in [9.17, 15) is 10.5 Å². The minimum absolute atomic E-state index is 0.547. The van der Waals surface area contributed by atoms with E-state index in [0.717, 1.165) is 12.8 Å². The average molecular weight is 458 g/mol. The van der Waals surface area contributed by atoms with Crippen molar-refractivity contribution in [3.05, 3.63) is 103 Å². The minimum atomic E-state index is -4.09. The Bertz CT molecular complexity index is 1050. The van der Waals surface area contributed by atoms with Crippen LogP contribution in [-0.2, 0) is 21.1 Å². The quantitative estimate of drug-likeness (QED) is 0.570. The molecule has 0 bridgehead atoms. The molecule has 0 radical (unpaired) electrons. The summed E-state index contributed by atoms with van der Waals surface area (Å²) in [6, 6.07) is 18.8. The third-order valence-corrected chi connectivity index (χ3v) is 13.4. The van der Waals surface area contributed by atoms with Gasteiger partial charge >= 0.3 is 176 Å². The van der Waals surface area contributed by atoms with Crippen LogP contribution in [-0.4, -0.2) is 0 Å². The second-order valence-corrected chi connectivity index (χ2v) is 13.9. The molecular weight excluding hydrogens is 440 g/mol. The monoisotopic (exact) mass is 456 g/mol. The fourth-order valence-electron chi connectivity index (χ4n) is 3.46. The van der Waals surface area contributed by atoms with Crippen molar-refractivity contribution in [2.24, 2.45) is 0 Å². The molecule has 2 aromatic carbocycles. The van der Waals surface area contributed by atoms with Crippen molar-refractivity contribution < 1.29 is 26.8 Å². The first-order chi connectivity index (χ1) is 14.2. The molecule has 4 nitrogen and oxygen atoms in total. The zero-order chi connectivity index (χ0) is 20.1. The van der Waals surface area contributed by atoms with E-state index < -0.39 is 21.1 Å². The number of nitriles is 2. The fourth-order valence-corrected chi connectivity index (χ4v) is 11.6. The molecule has 140 valence electrons. The Morgan fingerprint density at radius 3 is 1.59 bits per heavy atom. The predicted octanol–water partition coefficient (Wildman–Crippen LogP) is 5.56. The van der Waals surface area contributed by atoms with E-state index in [4.69, 9.17) is 5.63 Å². The number of nitrogens with zero attached hydrogens (tertiary/aromatic N) is 2. The first-order valence-corrected chi connectivity index (χ1v) is 13.8. The number of hydrogen-bond donors (Lipinski definition) is 0. The summed E-state index contributed by atoms with van der Waals surface area (Å²) in [5.41, 5.74) is 1.09. The van der Waals surface area contributed by atoms with Crippen LogP contribution in [0.25, 0.3) is 0 Å². The van der Waals surface area contributed by atoms with Crippen LogP contribution in [0.4, 0.5) is 0 Å². The van der Waals surface area contributed by atoms with Gasteiger partial charge in [0.15, 0.2) is 0 Å². The zero-order valence-electron chi connectivity index (χ0n) is 15.7. The van der Waals surface area contributed by atoms with E-state index in [1.807, 2.05) is 36.4 Å². The molecule has 29 heavy (non-hydrogen) atoms. The third-order valence-electron chi connectivity index (χ3n) is 4.84. The molecule has 5 heteroatoms. The number of hydrogen-bond acceptors (Lipinski definition) is 4. The predicted molar refractivity (Wildman–Crippen MR) is 107 cm³/mol. The van der Waals surface area contributed by atoms with Crippen molar-refractivity contribution in [3.8, 4) is 23.6 Å². The van der Waals surface area contributed by atoms with Crippen molar-refractivity contribution in [1.29, 1.82) is 10.5 Å². The molecule has 0 N–H and O–H groups in total. The maximum absolute atomic E-state index is 9.28. The van der Waals surface area contributed by atoms with Crippen LogP contribution in [0.1, 0.15) is 24.0 Å². The Hall–Kier alpha value is -3.14. The van der Waals surface area contributed by atoms with Crippen molar-refractivity contribution >= 4 is 0 Å². The van der Waals surface area contributed by atoms with Gasteiger partial charge in [0.25, 0.3) is 0 Å². The molecule has 0 atom stereocenters. The van der Waals surface area contributed by atoms with Crippen LogP contribution in [0.3, 0.4) is 0 Å². The topological polar surface area (TPSA) is 66.0 Å². The van der Waals surface area contributed by atoms with Gasteiger partial charge in [0, 0.05) is 0 Å². The van der Waals surface area contributed by atoms with Crippen LogP contribution >= 0.6 is 0 Å². The van der Waals surface area contributed by atoms with Gasteiger partial charge in [-0.1, -0.05) is 0 Å². The van der Waals surface area contributed by atoms with Crippen LogP contribution in [0, 0.1) is 22.7 Å². The van der Waals surface area contributed by atoms with Gasteiger partial charge in [-0.2, -0.15) is 0 Å². The summed E-state index contributed by atoms with van der Waals surface area (Å²) in [5, 5.41) is 18.6. The summed E-state index contributed by atoms with van der Waals surface area (Å²) < 4.78 is 15.8. The van der Waals surface area contributed by atoms with Gasteiger partial charge in [-0.15, -0.1) is 0 Å². The fraction of sp³-hybridized carbons (Fsp3) is 0.0833. The Morgan fingerprint density at radius 1 is 0.724 bits per heavy atom. The summed E-state index contributed by atoms with van der Waals surface area (Å²) in [6.07, 6.45) is 14.0. The van der Waals surface area contributed by atoms with Gasteiger partial charge in [0.05, 0.1) is 0 Å². The number of rotatable bonds is 6. The van der Waals surface area contributed by atoms with E-state index in [1.165, 1.54) is 6.56 Å². The molecule has 0 unspecified atom stereocenters. The van der Waals surface area contributed by atoms with E-state index in [0.29, 0.717) is 22.6 Å². The van der Waals surface area contributed by atoms with Gasteiger partial charge in [0.1, 0.15) is 0 Å². The van der Waals surface area contributed by atoms with Crippen molar-refractivity contribution in [2.45, 2.75) is 12.8 Å². The molecule has 0 heterocycles. The molecule has 0 aliphatic heterocycles. The summed E-state index contributed by atoms with van der Waals surface area (Å²) in [6.45, 7) is 0. The van der Waals surface area contributed by atoms with E-state index >= 15 is 0 Å². The van der Waals surface area contributed by atoms with Gasteiger partial charge in [-0.3, -0.25) is 0 Å². The molecule has 2 aliphatic rings. The zero-order valence-corrected chi connectivity index (χ0v) is 18.2. The Labute approximate surface area is 176 Å². The number of benzene rings is 2. The van der Waals surface area contributed by atoms with E-state index in [1.54, 1.807) is 24.3 Å². The van der Waals surface area contributed by atoms with Crippen molar-refractivity contribution in [3.63, 3.8) is 0 Å². The summed E-state index contributed by atoms with van der Waals surface area (Å²) >= 11 is -4.09. The number of allylic oxidation sites excluding steroid dienone is 8. The molecule has 0 saturated carbocycles. The van der Waals surface area contributed by atoms with Gasteiger partial charge in [-0.05, 0) is 0 Å². The Kier molecular flexibility index (Phi) is 5.61. The first kappa shape index (κ1) is 19.2. The Morgan fingerprint density at radius 2 is 1.21 bits per heavy atom. The van der Waals surface area contributed by atoms with Crippen LogP contribution < -0.4 is 5.63 Å². The van der Waals surface area contributed by atoms with Crippen LogP contribution in [0.15, 0.2) is 91.5 Å². The van der Waals surface area contributed by atoms with E-state index in [-0.39, 0.29) is 0 Å². The van der Waals surface area contributed by atoms with Crippen molar-refractivity contribution in [1.82, 2.24) is 0 Å². The van der Waals surface area contributed by atoms with Gasteiger partial charge < -0.3 is 0 Å². The molecular formula is C24H18N2O2Zr. The standard InChI is InChI=1S/2C7H5NO.2C5H5.Zr/c2*8-5-6-2-1-3-7(9)4-6;2*1-2-4-5-3-1;/h2*1-4,9H;2*1-3H,4H2;/q;;;;+2/p-2. The second-order valence-electron chi connectivity index (χ2n) is 6.75. The first-order valence-electron chi connectivity index (χ1n) is 9.34.